The van der Waals surface area contributed by atoms with Crippen molar-refractivity contribution in [3.63, 3.8) is 0 Å². The fourth-order valence-corrected chi connectivity index (χ4v) is 4.87. The predicted molar refractivity (Wildman–Crippen MR) is 170 cm³/mol. The summed E-state index contributed by atoms with van der Waals surface area (Å²) in [6.45, 7) is 4.25. The van der Waals surface area contributed by atoms with Gasteiger partial charge in [-0.15, -0.1) is 11.8 Å². The van der Waals surface area contributed by atoms with Gasteiger partial charge in [-0.25, -0.2) is 0 Å². The van der Waals surface area contributed by atoms with Crippen LogP contribution >= 0.6 is 23.4 Å². The summed E-state index contributed by atoms with van der Waals surface area (Å²) >= 11 is 7.28. The fraction of sp³-hybridized carbons (Fsp3) is 0.121. The quantitative estimate of drug-likeness (QED) is 0.124. The molecule has 42 heavy (non-hydrogen) atoms. The third-order valence-corrected chi connectivity index (χ3v) is 7.26. The monoisotopic (exact) mass is 599 g/mol. The largest absolute Gasteiger partial charge is 0.494 e. The normalized spacial score (nSPS) is 11.7. The van der Waals surface area contributed by atoms with Crippen LogP contribution in [0.2, 0.25) is 5.02 Å². The molecule has 0 aliphatic carbocycles. The topological polar surface area (TPSA) is 96.5 Å². The molecule has 0 bridgehead atoms. The second-order valence-corrected chi connectivity index (χ2v) is 11.0. The van der Waals surface area contributed by atoms with Gasteiger partial charge in [0.25, 0.3) is 11.8 Å². The van der Waals surface area contributed by atoms with Crippen LogP contribution in [0.15, 0.2) is 114 Å². The van der Waals surface area contributed by atoms with Crippen LogP contribution in [0.1, 0.15) is 29.8 Å². The van der Waals surface area contributed by atoms with Gasteiger partial charge in [0, 0.05) is 26.9 Å². The first-order chi connectivity index (χ1) is 20.3. The average Bonchev–Trinajstić information content (AvgIpc) is 2.99. The Morgan fingerprint density at radius 2 is 1.57 bits per heavy atom. The molecule has 1 unspecified atom stereocenters. The van der Waals surface area contributed by atoms with Crippen molar-refractivity contribution < 1.29 is 19.1 Å². The first-order valence-corrected chi connectivity index (χ1v) is 14.5. The highest BCUT2D eigenvalue weighted by atomic mass is 35.5. The first-order valence-electron chi connectivity index (χ1n) is 13.3. The van der Waals surface area contributed by atoms with E-state index >= 15 is 0 Å². The summed E-state index contributed by atoms with van der Waals surface area (Å²) in [7, 11) is 0. The highest BCUT2D eigenvalue weighted by Crippen LogP contribution is 2.27. The zero-order valence-electron chi connectivity index (χ0n) is 23.1. The minimum absolute atomic E-state index is 0.0711. The third kappa shape index (κ3) is 8.99. The van der Waals surface area contributed by atoms with Gasteiger partial charge in [-0.1, -0.05) is 48.0 Å². The van der Waals surface area contributed by atoms with Crippen LogP contribution in [-0.4, -0.2) is 29.6 Å². The Morgan fingerprint density at radius 1 is 0.857 bits per heavy atom. The third-order valence-electron chi connectivity index (χ3n) is 5.92. The van der Waals surface area contributed by atoms with E-state index < -0.39 is 17.1 Å². The maximum Gasteiger partial charge on any atom is 0.272 e. The van der Waals surface area contributed by atoms with Crippen molar-refractivity contribution in [1.29, 1.82) is 0 Å². The second-order valence-electron chi connectivity index (χ2n) is 9.12. The smallest absolute Gasteiger partial charge is 0.272 e. The minimum Gasteiger partial charge on any atom is -0.494 e. The molecule has 214 valence electrons. The number of nitrogens with one attached hydrogen (secondary N) is 3. The van der Waals surface area contributed by atoms with Crippen LogP contribution in [-0.2, 0) is 9.59 Å². The van der Waals surface area contributed by atoms with Gasteiger partial charge in [0.05, 0.1) is 11.9 Å². The maximum atomic E-state index is 13.4. The molecule has 0 saturated carbocycles. The summed E-state index contributed by atoms with van der Waals surface area (Å²) in [5.74, 6) is -0.364. The Labute approximate surface area is 254 Å². The Morgan fingerprint density at radius 3 is 2.26 bits per heavy atom. The number of hydrogen-bond donors (Lipinski definition) is 3. The van der Waals surface area contributed by atoms with E-state index in [4.69, 9.17) is 16.3 Å². The van der Waals surface area contributed by atoms with Crippen LogP contribution in [0.25, 0.3) is 6.08 Å². The molecule has 0 heterocycles. The van der Waals surface area contributed by atoms with E-state index in [9.17, 15) is 14.4 Å². The Bertz CT molecular complexity index is 1560. The lowest BCUT2D eigenvalue weighted by Gasteiger charge is -2.14. The summed E-state index contributed by atoms with van der Waals surface area (Å²) < 4.78 is 5.50. The molecular weight excluding hydrogens is 570 g/mol. The Balaban J connectivity index is 1.48. The number of hydrogen-bond acceptors (Lipinski definition) is 5. The van der Waals surface area contributed by atoms with Gasteiger partial charge in [0.1, 0.15) is 11.4 Å². The number of ether oxygens (including phenoxy) is 1. The van der Waals surface area contributed by atoms with Crippen LogP contribution in [0.5, 0.6) is 5.75 Å². The SMILES string of the molecule is CCOc1ccc(/C=C(/NC(=O)c2ccccc2)C(=O)Nc2cccc(SC(C)C(=O)Nc3ccc(Cl)cc3)c2)cc1. The van der Waals surface area contributed by atoms with Crippen molar-refractivity contribution in [2.45, 2.75) is 24.0 Å². The number of anilines is 2. The van der Waals surface area contributed by atoms with Crippen molar-refractivity contribution >= 4 is 58.5 Å². The number of benzene rings is 4. The van der Waals surface area contributed by atoms with Gasteiger partial charge in [-0.05, 0) is 92.2 Å². The van der Waals surface area contributed by atoms with Crippen molar-refractivity contribution in [3.05, 3.63) is 125 Å². The molecule has 3 N–H and O–H groups in total. The van der Waals surface area contributed by atoms with Crippen LogP contribution in [0.3, 0.4) is 0 Å². The molecule has 0 aliphatic rings. The van der Waals surface area contributed by atoms with Crippen molar-refractivity contribution in [3.8, 4) is 5.75 Å². The van der Waals surface area contributed by atoms with E-state index in [-0.39, 0.29) is 11.6 Å². The first kappa shape index (κ1) is 30.4. The molecule has 0 spiro atoms. The van der Waals surface area contributed by atoms with E-state index in [1.54, 1.807) is 104 Å². The van der Waals surface area contributed by atoms with Gasteiger partial charge in [0.15, 0.2) is 0 Å². The molecule has 0 fully saturated rings. The highest BCUT2D eigenvalue weighted by molar-refractivity contribution is 8.00. The number of halogens is 1. The lowest BCUT2D eigenvalue weighted by molar-refractivity contribution is -0.115. The molecule has 0 aliphatic heterocycles. The summed E-state index contributed by atoms with van der Waals surface area (Å²) in [6, 6.07) is 30.0. The van der Waals surface area contributed by atoms with E-state index in [1.165, 1.54) is 11.8 Å². The minimum atomic E-state index is -0.496. The predicted octanol–water partition coefficient (Wildman–Crippen LogP) is 7.27. The molecule has 0 radical (unpaired) electrons. The Kier molecular flexibility index (Phi) is 10.8. The number of carbonyl (C=O) groups excluding carboxylic acids is 3. The van der Waals surface area contributed by atoms with Crippen molar-refractivity contribution in [2.24, 2.45) is 0 Å². The molecule has 4 aromatic carbocycles. The van der Waals surface area contributed by atoms with E-state index in [0.717, 1.165) is 4.90 Å². The summed E-state index contributed by atoms with van der Waals surface area (Å²) in [6.07, 6.45) is 1.60. The molecule has 3 amide bonds. The van der Waals surface area contributed by atoms with Crippen LogP contribution in [0.4, 0.5) is 11.4 Å². The van der Waals surface area contributed by atoms with Crippen molar-refractivity contribution in [1.82, 2.24) is 5.32 Å². The molecule has 4 aromatic rings. The van der Waals surface area contributed by atoms with Gasteiger partial charge in [-0.2, -0.15) is 0 Å². The average molecular weight is 600 g/mol. The highest BCUT2D eigenvalue weighted by Gasteiger charge is 2.17. The van der Waals surface area contributed by atoms with Gasteiger partial charge in [-0.3, -0.25) is 14.4 Å². The van der Waals surface area contributed by atoms with Crippen molar-refractivity contribution in [2.75, 3.05) is 17.2 Å². The van der Waals surface area contributed by atoms with Crippen LogP contribution < -0.4 is 20.7 Å². The Hall–Kier alpha value is -4.53. The summed E-state index contributed by atoms with van der Waals surface area (Å²) in [5.41, 5.74) is 2.37. The summed E-state index contributed by atoms with van der Waals surface area (Å²) in [5, 5.41) is 8.66. The zero-order chi connectivity index (χ0) is 29.9. The second kappa shape index (κ2) is 14.9. The standard InChI is InChI=1S/C33H30ClN3O4S/c1-3-41-28-18-12-23(13-19-28)20-30(37-32(39)24-8-5-4-6-9-24)33(40)36-27-10-7-11-29(21-27)42-22(2)31(38)35-26-16-14-25(34)15-17-26/h4-22H,3H2,1-2H3,(H,35,38)(H,36,40)(H,37,39)/b30-20+. The number of amides is 3. The molecule has 1 atom stereocenters. The van der Waals surface area contributed by atoms with Crippen LogP contribution in [0, 0.1) is 0 Å². The molecule has 0 saturated heterocycles. The number of rotatable bonds is 11. The summed E-state index contributed by atoms with van der Waals surface area (Å²) in [4.78, 5) is 39.9. The van der Waals surface area contributed by atoms with Gasteiger partial charge >= 0.3 is 0 Å². The molecule has 4 rings (SSSR count). The molecule has 7 nitrogen and oxygen atoms in total. The van der Waals surface area contributed by atoms with E-state index in [1.807, 2.05) is 19.1 Å². The zero-order valence-corrected chi connectivity index (χ0v) is 24.7. The molecular formula is C33H30ClN3O4S. The lowest BCUT2D eigenvalue weighted by atomic mass is 10.1. The molecule has 9 heteroatoms. The number of carbonyl (C=O) groups is 3. The van der Waals surface area contributed by atoms with E-state index in [2.05, 4.69) is 16.0 Å². The van der Waals surface area contributed by atoms with Gasteiger partial charge < -0.3 is 20.7 Å². The van der Waals surface area contributed by atoms with Gasteiger partial charge in [0.2, 0.25) is 5.91 Å². The fourth-order valence-electron chi connectivity index (χ4n) is 3.82. The molecule has 0 aromatic heterocycles. The lowest BCUT2D eigenvalue weighted by Crippen LogP contribution is -2.30. The number of thioether (sulfide) groups is 1. The van der Waals surface area contributed by atoms with E-state index in [0.29, 0.717) is 39.9 Å². The maximum absolute atomic E-state index is 13.4.